The maximum atomic E-state index is 12.1. The van der Waals surface area contributed by atoms with Crippen molar-refractivity contribution >= 4 is 5.91 Å². The van der Waals surface area contributed by atoms with Crippen molar-refractivity contribution in [2.24, 2.45) is 11.8 Å². The van der Waals surface area contributed by atoms with Crippen molar-refractivity contribution in [2.45, 2.75) is 53.2 Å². The van der Waals surface area contributed by atoms with Crippen molar-refractivity contribution < 1.29 is 9.90 Å². The molecule has 1 heterocycles. The first kappa shape index (κ1) is 16.6. The van der Waals surface area contributed by atoms with Crippen LogP contribution in [0.1, 0.15) is 51.4 Å². The molecule has 20 heavy (non-hydrogen) atoms. The number of nitrogens with zero attached hydrogens (tertiary/aromatic N) is 1. The van der Waals surface area contributed by atoms with Crippen LogP contribution in [0.4, 0.5) is 0 Å². The molecule has 0 aliphatic carbocycles. The SMILES string of the molecule is Cc1cccnc1C(NC(=O)CC(O)C(C)C)C(C)C. The molecule has 4 nitrogen and oxygen atoms in total. The topological polar surface area (TPSA) is 62.2 Å². The number of nitrogens with one attached hydrogen (secondary N) is 1. The van der Waals surface area contributed by atoms with Crippen molar-refractivity contribution in [3.63, 3.8) is 0 Å². The van der Waals surface area contributed by atoms with Crippen LogP contribution in [0.5, 0.6) is 0 Å². The Labute approximate surface area is 121 Å². The third-order valence-corrected chi connectivity index (χ3v) is 3.49. The standard InChI is InChI=1S/C16H26N2O2/c1-10(2)13(19)9-14(20)18-15(11(3)4)16-12(5)7-6-8-17-16/h6-8,10-11,13,15,19H,9H2,1-5H3,(H,18,20). The lowest BCUT2D eigenvalue weighted by atomic mass is 9.96. The molecule has 1 amide bonds. The van der Waals surface area contributed by atoms with Gasteiger partial charge in [-0.1, -0.05) is 33.8 Å². The molecule has 1 aromatic rings. The maximum absolute atomic E-state index is 12.1. The van der Waals surface area contributed by atoms with Gasteiger partial charge in [0.05, 0.1) is 24.3 Å². The highest BCUT2D eigenvalue weighted by Crippen LogP contribution is 2.22. The van der Waals surface area contributed by atoms with Gasteiger partial charge in [0.25, 0.3) is 0 Å². The van der Waals surface area contributed by atoms with E-state index in [0.717, 1.165) is 11.3 Å². The number of pyridine rings is 1. The number of hydrogen-bond acceptors (Lipinski definition) is 3. The van der Waals surface area contributed by atoms with Crippen molar-refractivity contribution in [1.29, 1.82) is 0 Å². The predicted octanol–water partition coefficient (Wildman–Crippen LogP) is 2.61. The Morgan fingerprint density at radius 1 is 1.30 bits per heavy atom. The fourth-order valence-corrected chi connectivity index (χ4v) is 2.03. The van der Waals surface area contributed by atoms with Crippen molar-refractivity contribution in [2.75, 3.05) is 0 Å². The van der Waals surface area contributed by atoms with Crippen LogP contribution in [0.25, 0.3) is 0 Å². The van der Waals surface area contributed by atoms with Gasteiger partial charge in [0.15, 0.2) is 0 Å². The molecule has 2 atom stereocenters. The van der Waals surface area contributed by atoms with Crippen LogP contribution in [0, 0.1) is 18.8 Å². The minimum atomic E-state index is -0.604. The highest BCUT2D eigenvalue weighted by Gasteiger charge is 2.23. The van der Waals surface area contributed by atoms with E-state index < -0.39 is 6.10 Å². The Balaban J connectivity index is 2.79. The molecule has 2 unspecified atom stereocenters. The summed E-state index contributed by atoms with van der Waals surface area (Å²) in [7, 11) is 0. The van der Waals surface area contributed by atoms with Gasteiger partial charge in [0, 0.05) is 6.20 Å². The Hall–Kier alpha value is -1.42. The van der Waals surface area contributed by atoms with E-state index in [1.54, 1.807) is 6.20 Å². The molecular weight excluding hydrogens is 252 g/mol. The normalized spacial score (nSPS) is 14.4. The first-order valence-corrected chi connectivity index (χ1v) is 7.21. The average Bonchev–Trinajstić information content (AvgIpc) is 2.36. The Morgan fingerprint density at radius 3 is 2.45 bits per heavy atom. The molecular formula is C16H26N2O2. The number of aromatic nitrogens is 1. The van der Waals surface area contributed by atoms with Crippen LogP contribution in [0.15, 0.2) is 18.3 Å². The van der Waals surface area contributed by atoms with Gasteiger partial charge in [-0.15, -0.1) is 0 Å². The van der Waals surface area contributed by atoms with Gasteiger partial charge in [-0.25, -0.2) is 0 Å². The Bertz CT molecular complexity index is 444. The predicted molar refractivity (Wildman–Crippen MR) is 80.2 cm³/mol. The maximum Gasteiger partial charge on any atom is 0.223 e. The van der Waals surface area contributed by atoms with Gasteiger partial charge in [0.1, 0.15) is 0 Å². The molecule has 0 radical (unpaired) electrons. The quantitative estimate of drug-likeness (QED) is 0.841. The summed E-state index contributed by atoms with van der Waals surface area (Å²) in [6.45, 7) is 9.91. The summed E-state index contributed by atoms with van der Waals surface area (Å²) in [6, 6.07) is 3.76. The zero-order valence-electron chi connectivity index (χ0n) is 13.1. The van der Waals surface area contributed by atoms with Crippen molar-refractivity contribution in [3.05, 3.63) is 29.6 Å². The van der Waals surface area contributed by atoms with E-state index in [1.165, 1.54) is 0 Å². The molecule has 0 bridgehead atoms. The summed E-state index contributed by atoms with van der Waals surface area (Å²) in [5, 5.41) is 12.8. The van der Waals surface area contributed by atoms with E-state index >= 15 is 0 Å². The van der Waals surface area contributed by atoms with Crippen LogP contribution in [0.3, 0.4) is 0 Å². The van der Waals surface area contributed by atoms with Crippen molar-refractivity contribution in [1.82, 2.24) is 10.3 Å². The molecule has 0 aromatic carbocycles. The van der Waals surface area contributed by atoms with E-state index in [2.05, 4.69) is 24.1 Å². The second-order valence-corrected chi connectivity index (χ2v) is 6.01. The molecule has 4 heteroatoms. The molecule has 2 N–H and O–H groups in total. The molecule has 0 aliphatic rings. The molecule has 0 fully saturated rings. The van der Waals surface area contributed by atoms with Gasteiger partial charge in [-0.3, -0.25) is 9.78 Å². The van der Waals surface area contributed by atoms with E-state index in [1.807, 2.05) is 32.9 Å². The molecule has 0 saturated carbocycles. The lowest BCUT2D eigenvalue weighted by Gasteiger charge is -2.24. The van der Waals surface area contributed by atoms with Crippen molar-refractivity contribution in [3.8, 4) is 0 Å². The van der Waals surface area contributed by atoms with E-state index in [0.29, 0.717) is 0 Å². The second kappa shape index (κ2) is 7.39. The van der Waals surface area contributed by atoms with Gasteiger partial charge in [-0.05, 0) is 30.4 Å². The fourth-order valence-electron chi connectivity index (χ4n) is 2.03. The molecule has 112 valence electrons. The number of carbonyl (C=O) groups excluding carboxylic acids is 1. The zero-order valence-corrected chi connectivity index (χ0v) is 13.1. The lowest BCUT2D eigenvalue weighted by molar-refractivity contribution is -0.124. The van der Waals surface area contributed by atoms with Crippen LogP contribution in [-0.4, -0.2) is 22.1 Å². The van der Waals surface area contributed by atoms with E-state index in [4.69, 9.17) is 0 Å². The molecule has 1 aromatic heterocycles. The zero-order chi connectivity index (χ0) is 15.3. The minimum Gasteiger partial charge on any atom is -0.392 e. The second-order valence-electron chi connectivity index (χ2n) is 6.01. The number of aryl methyl sites for hydroxylation is 1. The van der Waals surface area contributed by atoms with Crippen LogP contribution in [0.2, 0.25) is 0 Å². The van der Waals surface area contributed by atoms with Gasteiger partial charge in [0.2, 0.25) is 5.91 Å². The third-order valence-electron chi connectivity index (χ3n) is 3.49. The summed E-state index contributed by atoms with van der Waals surface area (Å²) in [4.78, 5) is 16.4. The summed E-state index contributed by atoms with van der Waals surface area (Å²) < 4.78 is 0. The number of aliphatic hydroxyl groups excluding tert-OH is 1. The van der Waals surface area contributed by atoms with E-state index in [9.17, 15) is 9.90 Å². The molecule has 0 spiro atoms. The summed E-state index contributed by atoms with van der Waals surface area (Å²) >= 11 is 0. The highest BCUT2D eigenvalue weighted by molar-refractivity contribution is 5.77. The van der Waals surface area contributed by atoms with Gasteiger partial charge < -0.3 is 10.4 Å². The lowest BCUT2D eigenvalue weighted by Crippen LogP contribution is -2.35. The number of rotatable bonds is 6. The Morgan fingerprint density at radius 2 is 1.95 bits per heavy atom. The first-order chi connectivity index (χ1) is 9.32. The molecule has 0 aliphatic heterocycles. The third kappa shape index (κ3) is 4.60. The first-order valence-electron chi connectivity index (χ1n) is 7.21. The number of aliphatic hydroxyl groups is 1. The summed E-state index contributed by atoms with van der Waals surface area (Å²) in [6.07, 6.45) is 1.27. The van der Waals surface area contributed by atoms with Gasteiger partial charge in [-0.2, -0.15) is 0 Å². The number of hydrogen-bond donors (Lipinski definition) is 2. The van der Waals surface area contributed by atoms with E-state index in [-0.39, 0.29) is 30.2 Å². The Kier molecular flexibility index (Phi) is 6.14. The summed E-state index contributed by atoms with van der Waals surface area (Å²) in [5.41, 5.74) is 1.96. The largest absolute Gasteiger partial charge is 0.392 e. The highest BCUT2D eigenvalue weighted by atomic mass is 16.3. The summed E-state index contributed by atoms with van der Waals surface area (Å²) in [5.74, 6) is 0.188. The molecule has 1 rings (SSSR count). The average molecular weight is 278 g/mol. The minimum absolute atomic E-state index is 0.0786. The van der Waals surface area contributed by atoms with Gasteiger partial charge >= 0.3 is 0 Å². The smallest absolute Gasteiger partial charge is 0.223 e. The van der Waals surface area contributed by atoms with Crippen LogP contribution in [-0.2, 0) is 4.79 Å². The van der Waals surface area contributed by atoms with Crippen LogP contribution < -0.4 is 5.32 Å². The fraction of sp³-hybridized carbons (Fsp3) is 0.625. The van der Waals surface area contributed by atoms with Crippen LogP contribution >= 0.6 is 0 Å². The number of amides is 1. The molecule has 0 saturated heterocycles. The monoisotopic (exact) mass is 278 g/mol. The number of carbonyl (C=O) groups is 1.